The lowest BCUT2D eigenvalue weighted by atomic mass is 10.0. The van der Waals surface area contributed by atoms with E-state index in [0.717, 1.165) is 41.5 Å². The fraction of sp³-hybridized carbons (Fsp3) is 0.278. The molecular weight excluding hydrogens is 361 g/mol. The van der Waals surface area contributed by atoms with Crippen LogP contribution >= 0.6 is 23.7 Å². The molecular formula is C18H19ClFN3OS. The van der Waals surface area contributed by atoms with E-state index < -0.39 is 0 Å². The van der Waals surface area contributed by atoms with Crippen molar-refractivity contribution in [2.24, 2.45) is 0 Å². The summed E-state index contributed by atoms with van der Waals surface area (Å²) in [6.07, 6.45) is 0. The molecule has 0 bridgehead atoms. The fourth-order valence-electron chi connectivity index (χ4n) is 3.11. The molecule has 25 heavy (non-hydrogen) atoms. The molecule has 0 radical (unpaired) electrons. The molecule has 0 amide bonds. The van der Waals surface area contributed by atoms with Crippen LogP contribution in [0.2, 0.25) is 0 Å². The van der Waals surface area contributed by atoms with Gasteiger partial charge in [-0.15, -0.1) is 23.7 Å². The molecule has 4 rings (SSSR count). The lowest BCUT2D eigenvalue weighted by Crippen LogP contribution is -2.45. The molecule has 1 aliphatic rings. The van der Waals surface area contributed by atoms with Crippen LogP contribution < -0.4 is 5.32 Å². The minimum absolute atomic E-state index is 0. The molecule has 0 aliphatic carbocycles. The Balaban J connectivity index is 0.00000182. The van der Waals surface area contributed by atoms with Crippen molar-refractivity contribution in [1.82, 2.24) is 15.4 Å². The van der Waals surface area contributed by atoms with Crippen molar-refractivity contribution in [3.8, 4) is 10.6 Å². The largest absolute Gasteiger partial charge is 0.355 e. The molecule has 1 aromatic carbocycles. The predicted molar refractivity (Wildman–Crippen MR) is 99.5 cm³/mol. The smallest absolute Gasteiger partial charge is 0.177 e. The number of halogens is 2. The van der Waals surface area contributed by atoms with Gasteiger partial charge in [0.05, 0.1) is 10.6 Å². The van der Waals surface area contributed by atoms with Crippen molar-refractivity contribution < 1.29 is 8.91 Å². The second kappa shape index (κ2) is 8.10. The van der Waals surface area contributed by atoms with Gasteiger partial charge in [-0.3, -0.25) is 4.90 Å². The van der Waals surface area contributed by atoms with Gasteiger partial charge in [0.15, 0.2) is 5.76 Å². The number of nitrogens with zero attached hydrogens (tertiary/aromatic N) is 2. The molecule has 0 spiro atoms. The SMILES string of the molecule is Cl.Fc1cccc(C2CNCCN2Cc2cc(-c3cccs3)on2)c1. The summed E-state index contributed by atoms with van der Waals surface area (Å²) in [6.45, 7) is 3.31. The summed E-state index contributed by atoms with van der Waals surface area (Å²) in [6, 6.07) is 13.0. The Hall–Kier alpha value is -1.73. The maximum absolute atomic E-state index is 13.6. The Morgan fingerprint density at radius 2 is 2.20 bits per heavy atom. The first-order valence-electron chi connectivity index (χ1n) is 7.99. The van der Waals surface area contributed by atoms with Gasteiger partial charge in [0.2, 0.25) is 0 Å². The molecule has 4 nitrogen and oxygen atoms in total. The number of rotatable bonds is 4. The zero-order valence-corrected chi connectivity index (χ0v) is 15.2. The molecule has 3 aromatic rings. The Kier molecular flexibility index (Phi) is 5.86. The topological polar surface area (TPSA) is 41.3 Å². The molecule has 1 aliphatic heterocycles. The van der Waals surface area contributed by atoms with Gasteiger partial charge in [-0.2, -0.15) is 0 Å². The summed E-state index contributed by atoms with van der Waals surface area (Å²) in [5, 5.41) is 9.62. The second-order valence-corrected chi connectivity index (χ2v) is 6.85. The quantitative estimate of drug-likeness (QED) is 0.740. The summed E-state index contributed by atoms with van der Waals surface area (Å²) in [5.41, 5.74) is 1.89. The lowest BCUT2D eigenvalue weighted by Gasteiger charge is -2.36. The van der Waals surface area contributed by atoms with E-state index in [1.807, 2.05) is 29.6 Å². The number of thiophene rings is 1. The van der Waals surface area contributed by atoms with E-state index in [4.69, 9.17) is 4.52 Å². The molecule has 3 heterocycles. The normalized spacial score (nSPS) is 18.0. The molecule has 1 atom stereocenters. The maximum Gasteiger partial charge on any atom is 0.177 e. The summed E-state index contributed by atoms with van der Waals surface area (Å²) in [5.74, 6) is 0.608. The fourth-order valence-corrected chi connectivity index (χ4v) is 3.78. The van der Waals surface area contributed by atoms with E-state index >= 15 is 0 Å². The van der Waals surface area contributed by atoms with Gasteiger partial charge < -0.3 is 9.84 Å². The van der Waals surface area contributed by atoms with Gasteiger partial charge in [-0.05, 0) is 29.1 Å². The van der Waals surface area contributed by atoms with Crippen molar-refractivity contribution >= 4 is 23.7 Å². The van der Waals surface area contributed by atoms with Crippen molar-refractivity contribution in [2.75, 3.05) is 19.6 Å². The summed E-state index contributed by atoms with van der Waals surface area (Å²) in [7, 11) is 0. The Bertz CT molecular complexity index is 808. The number of piperazine rings is 1. The van der Waals surface area contributed by atoms with Crippen LogP contribution in [-0.4, -0.2) is 29.7 Å². The van der Waals surface area contributed by atoms with E-state index in [9.17, 15) is 4.39 Å². The number of aromatic nitrogens is 1. The van der Waals surface area contributed by atoms with E-state index in [1.54, 1.807) is 23.5 Å². The summed E-state index contributed by atoms with van der Waals surface area (Å²) < 4.78 is 19.0. The van der Waals surface area contributed by atoms with Gasteiger partial charge in [0.1, 0.15) is 5.82 Å². The number of nitrogens with one attached hydrogen (secondary N) is 1. The van der Waals surface area contributed by atoms with Crippen molar-refractivity contribution in [2.45, 2.75) is 12.6 Å². The molecule has 132 valence electrons. The third-order valence-electron chi connectivity index (χ3n) is 4.28. The first kappa shape index (κ1) is 18.1. The highest BCUT2D eigenvalue weighted by atomic mass is 35.5. The first-order valence-corrected chi connectivity index (χ1v) is 8.87. The van der Waals surface area contributed by atoms with Crippen molar-refractivity contribution in [3.05, 3.63) is 64.9 Å². The van der Waals surface area contributed by atoms with E-state index in [1.165, 1.54) is 6.07 Å². The molecule has 0 saturated carbocycles. The van der Waals surface area contributed by atoms with E-state index in [0.29, 0.717) is 6.54 Å². The third-order valence-corrected chi connectivity index (χ3v) is 5.16. The van der Waals surface area contributed by atoms with Crippen LogP contribution in [0.3, 0.4) is 0 Å². The first-order chi connectivity index (χ1) is 11.8. The summed E-state index contributed by atoms with van der Waals surface area (Å²) >= 11 is 1.64. The average molecular weight is 380 g/mol. The lowest BCUT2D eigenvalue weighted by molar-refractivity contribution is 0.149. The molecule has 1 saturated heterocycles. The average Bonchev–Trinajstić information content (AvgIpc) is 3.26. The Labute approximate surface area is 156 Å². The van der Waals surface area contributed by atoms with Gasteiger partial charge in [0.25, 0.3) is 0 Å². The standard InChI is InChI=1S/C18H18FN3OS.ClH/c19-14-4-1-3-13(9-14)16-11-20-6-7-22(16)12-15-10-17(23-21-15)18-5-2-8-24-18;/h1-5,8-10,16,20H,6-7,11-12H2;1H. The zero-order chi connectivity index (χ0) is 16.4. The number of benzene rings is 1. The highest BCUT2D eigenvalue weighted by Crippen LogP contribution is 2.28. The van der Waals surface area contributed by atoms with Crippen LogP contribution in [0, 0.1) is 5.82 Å². The van der Waals surface area contributed by atoms with Gasteiger partial charge in [-0.1, -0.05) is 23.4 Å². The zero-order valence-electron chi connectivity index (χ0n) is 13.5. The van der Waals surface area contributed by atoms with Crippen molar-refractivity contribution in [1.29, 1.82) is 0 Å². The Morgan fingerprint density at radius 3 is 3.00 bits per heavy atom. The number of hydrogen-bond acceptors (Lipinski definition) is 5. The van der Waals surface area contributed by atoms with Gasteiger partial charge in [0, 0.05) is 38.3 Å². The molecule has 2 aromatic heterocycles. The van der Waals surface area contributed by atoms with Crippen LogP contribution in [-0.2, 0) is 6.54 Å². The molecule has 7 heteroatoms. The third kappa shape index (κ3) is 4.10. The van der Waals surface area contributed by atoms with Crippen LogP contribution in [0.4, 0.5) is 4.39 Å². The van der Waals surface area contributed by atoms with Gasteiger partial charge in [-0.25, -0.2) is 4.39 Å². The highest BCUT2D eigenvalue weighted by Gasteiger charge is 2.25. The maximum atomic E-state index is 13.6. The minimum Gasteiger partial charge on any atom is -0.355 e. The van der Waals surface area contributed by atoms with Crippen LogP contribution in [0.15, 0.2) is 52.4 Å². The molecule has 1 N–H and O–H groups in total. The van der Waals surface area contributed by atoms with E-state index in [-0.39, 0.29) is 24.3 Å². The Morgan fingerprint density at radius 1 is 1.28 bits per heavy atom. The highest BCUT2D eigenvalue weighted by molar-refractivity contribution is 7.13. The van der Waals surface area contributed by atoms with Crippen LogP contribution in [0.25, 0.3) is 10.6 Å². The monoisotopic (exact) mass is 379 g/mol. The second-order valence-electron chi connectivity index (χ2n) is 5.91. The van der Waals surface area contributed by atoms with Gasteiger partial charge >= 0.3 is 0 Å². The predicted octanol–water partition coefficient (Wildman–Crippen LogP) is 4.11. The number of hydrogen-bond donors (Lipinski definition) is 1. The van der Waals surface area contributed by atoms with Crippen LogP contribution in [0.5, 0.6) is 0 Å². The molecule has 1 fully saturated rings. The minimum atomic E-state index is -0.195. The van der Waals surface area contributed by atoms with Crippen LogP contribution in [0.1, 0.15) is 17.3 Å². The van der Waals surface area contributed by atoms with Crippen molar-refractivity contribution in [3.63, 3.8) is 0 Å². The summed E-state index contributed by atoms with van der Waals surface area (Å²) in [4.78, 5) is 3.40. The molecule has 1 unspecified atom stereocenters. The van der Waals surface area contributed by atoms with E-state index in [2.05, 4.69) is 15.4 Å².